The van der Waals surface area contributed by atoms with Gasteiger partial charge in [0.2, 0.25) is 0 Å². The van der Waals surface area contributed by atoms with Crippen LogP contribution in [-0.2, 0) is 24.2 Å². The Labute approximate surface area is 119 Å². The first kappa shape index (κ1) is 18.9. The molecule has 1 aromatic carbocycles. The molecular weight excluding hydrogens is 282 g/mol. The third-order valence-corrected chi connectivity index (χ3v) is 1.23. The summed E-state index contributed by atoms with van der Waals surface area (Å²) in [6.45, 7) is 12.8. The van der Waals surface area contributed by atoms with Crippen molar-refractivity contribution in [2.75, 3.05) is 6.61 Å². The molecule has 0 aromatic heterocycles. The maximum absolute atomic E-state index is 11.0. The third-order valence-electron chi connectivity index (χ3n) is 1.23. The molecule has 4 heteroatoms. The van der Waals surface area contributed by atoms with E-state index in [1.165, 1.54) is 0 Å². The van der Waals surface area contributed by atoms with Gasteiger partial charge >= 0.3 is 25.4 Å². The van der Waals surface area contributed by atoms with Crippen LogP contribution < -0.4 is 0 Å². The van der Waals surface area contributed by atoms with Crippen molar-refractivity contribution < 1.29 is 29.0 Å². The summed E-state index contributed by atoms with van der Waals surface area (Å²) < 4.78 is 4.78. The fourth-order valence-electron chi connectivity index (χ4n) is 0.737. The number of carbonyl (C=O) groups excluding carboxylic acids is 1. The van der Waals surface area contributed by atoms with Crippen molar-refractivity contribution in [2.24, 2.45) is 0 Å². The number of esters is 1. The van der Waals surface area contributed by atoms with Crippen LogP contribution >= 0.6 is 0 Å². The summed E-state index contributed by atoms with van der Waals surface area (Å²) in [7, 11) is -0.861. The standard InChI is InChI=1S/C9H9O2.C4H11Si.Zn/c1-2-11-9(10)8-6-4-3-5-7-8;1-5(2,3)4;/h4-7H,2H2,1H3;1H2,2-4H3;/q2*-1;+2. The quantitative estimate of drug-likeness (QED) is 0.476. The molecule has 0 bridgehead atoms. The normalized spacial score (nSPS) is 9.47. The predicted molar refractivity (Wildman–Crippen MR) is 69.9 cm³/mol. The topological polar surface area (TPSA) is 26.3 Å². The Morgan fingerprint density at radius 3 is 2.12 bits per heavy atom. The first-order valence-corrected chi connectivity index (χ1v) is 9.04. The van der Waals surface area contributed by atoms with Gasteiger partial charge in [-0.25, -0.2) is 4.79 Å². The summed E-state index contributed by atoms with van der Waals surface area (Å²) >= 11 is 0. The minimum absolute atomic E-state index is 0. The molecule has 0 saturated carbocycles. The average Bonchev–Trinajstić information content (AvgIpc) is 2.17. The molecule has 0 fully saturated rings. The van der Waals surface area contributed by atoms with E-state index in [9.17, 15) is 4.79 Å². The van der Waals surface area contributed by atoms with Crippen LogP contribution in [0.4, 0.5) is 0 Å². The van der Waals surface area contributed by atoms with Crippen molar-refractivity contribution in [1.82, 2.24) is 0 Å². The maximum atomic E-state index is 11.0. The van der Waals surface area contributed by atoms with Gasteiger partial charge in [-0.3, -0.25) is 0 Å². The number of hydrogen-bond donors (Lipinski definition) is 0. The van der Waals surface area contributed by atoms with Crippen LogP contribution in [0, 0.1) is 12.6 Å². The van der Waals surface area contributed by atoms with Crippen LogP contribution in [-0.4, -0.2) is 20.7 Å². The number of rotatable bonds is 2. The Kier molecular flexibility index (Phi) is 10.6. The molecule has 0 amide bonds. The molecule has 0 heterocycles. The molecule has 0 aliphatic carbocycles. The van der Waals surface area contributed by atoms with E-state index < -0.39 is 8.07 Å². The van der Waals surface area contributed by atoms with E-state index in [4.69, 9.17) is 4.74 Å². The van der Waals surface area contributed by atoms with E-state index in [-0.39, 0.29) is 25.4 Å². The molecule has 2 nitrogen and oxygen atoms in total. The third kappa shape index (κ3) is 13.5. The van der Waals surface area contributed by atoms with Gasteiger partial charge in [0.05, 0.1) is 6.61 Å². The Morgan fingerprint density at radius 1 is 1.35 bits per heavy atom. The van der Waals surface area contributed by atoms with Crippen molar-refractivity contribution in [3.05, 3.63) is 42.4 Å². The first-order chi connectivity index (χ1) is 7.34. The van der Waals surface area contributed by atoms with E-state index in [0.29, 0.717) is 12.2 Å². The largest absolute Gasteiger partial charge is 2.00 e. The summed E-state index contributed by atoms with van der Waals surface area (Å²) in [5, 5.41) is 0. The van der Waals surface area contributed by atoms with Gasteiger partial charge in [0.1, 0.15) is 0 Å². The molecule has 17 heavy (non-hydrogen) atoms. The van der Waals surface area contributed by atoms with E-state index in [1.807, 2.05) is 0 Å². The van der Waals surface area contributed by atoms with E-state index >= 15 is 0 Å². The summed E-state index contributed by atoms with van der Waals surface area (Å²) in [5.74, 6) is -0.276. The minimum Gasteiger partial charge on any atom is -0.464 e. The monoisotopic (exact) mass is 300 g/mol. The van der Waals surface area contributed by atoms with Crippen LogP contribution in [0.5, 0.6) is 0 Å². The smallest absolute Gasteiger partial charge is 0.464 e. The van der Waals surface area contributed by atoms with Crippen LogP contribution in [0.1, 0.15) is 17.3 Å². The second-order valence-corrected chi connectivity index (χ2v) is 9.69. The fraction of sp³-hybridized carbons (Fsp3) is 0.385. The van der Waals surface area contributed by atoms with E-state index in [2.05, 4.69) is 32.3 Å². The van der Waals surface area contributed by atoms with Crippen LogP contribution in [0.2, 0.25) is 19.6 Å². The van der Waals surface area contributed by atoms with Crippen molar-refractivity contribution in [1.29, 1.82) is 0 Å². The van der Waals surface area contributed by atoms with Gasteiger partial charge in [0.15, 0.2) is 0 Å². The van der Waals surface area contributed by atoms with Crippen molar-refractivity contribution in [3.63, 3.8) is 0 Å². The second-order valence-electron chi connectivity index (χ2n) is 4.57. The molecule has 90 valence electrons. The van der Waals surface area contributed by atoms with Gasteiger partial charge in [-0.1, -0.05) is 19.6 Å². The van der Waals surface area contributed by atoms with Crippen LogP contribution in [0.15, 0.2) is 24.3 Å². The molecule has 0 spiro atoms. The van der Waals surface area contributed by atoms with Gasteiger partial charge in [0, 0.05) is 0 Å². The number of benzene rings is 1. The number of carbonyl (C=O) groups is 1. The summed E-state index contributed by atoms with van der Waals surface area (Å²) in [5.41, 5.74) is 0.575. The van der Waals surface area contributed by atoms with Gasteiger partial charge in [-0.2, -0.15) is 30.3 Å². The molecule has 0 atom stereocenters. The summed E-state index contributed by atoms with van der Waals surface area (Å²) in [6, 6.07) is 9.55. The summed E-state index contributed by atoms with van der Waals surface area (Å²) in [4.78, 5) is 11.0. The van der Waals surface area contributed by atoms with Gasteiger partial charge in [-0.05, 0) is 12.5 Å². The molecule has 0 aliphatic rings. The number of ether oxygens (including phenoxy) is 1. The molecule has 0 radical (unpaired) electrons. The molecule has 1 rings (SSSR count). The maximum Gasteiger partial charge on any atom is 2.00 e. The van der Waals surface area contributed by atoms with E-state index in [1.54, 1.807) is 31.2 Å². The molecule has 0 unspecified atom stereocenters. The Hall–Kier alpha value is -0.470. The predicted octanol–water partition coefficient (Wildman–Crippen LogP) is 3.36. The molecule has 0 aliphatic heterocycles. The average molecular weight is 302 g/mol. The molecule has 0 N–H and O–H groups in total. The first-order valence-electron chi connectivity index (χ1n) is 5.33. The van der Waals surface area contributed by atoms with Gasteiger partial charge < -0.3 is 11.3 Å². The molecular formula is C13H20O2SiZn. The minimum atomic E-state index is -0.861. The van der Waals surface area contributed by atoms with Crippen LogP contribution in [0.25, 0.3) is 0 Å². The van der Waals surface area contributed by atoms with E-state index in [0.717, 1.165) is 0 Å². The Morgan fingerprint density at radius 2 is 1.76 bits per heavy atom. The van der Waals surface area contributed by atoms with Crippen LogP contribution in [0.3, 0.4) is 0 Å². The molecule has 0 saturated heterocycles. The number of hydrogen-bond acceptors (Lipinski definition) is 2. The second kappa shape index (κ2) is 9.55. The zero-order valence-electron chi connectivity index (χ0n) is 11.2. The van der Waals surface area contributed by atoms with Crippen molar-refractivity contribution in [3.8, 4) is 0 Å². The molecule has 1 aromatic rings. The Bertz CT molecular complexity index is 301. The zero-order valence-corrected chi connectivity index (χ0v) is 15.2. The fourth-order valence-corrected chi connectivity index (χ4v) is 0.737. The summed E-state index contributed by atoms with van der Waals surface area (Å²) in [6.07, 6.45) is 0. The Balaban J connectivity index is 0. The zero-order chi connectivity index (χ0) is 12.6. The SMILES string of the molecule is CCOC(=O)c1cc[c-]cc1.[CH2-][Si](C)(C)C.[Zn+2]. The van der Waals surface area contributed by atoms with Gasteiger partial charge in [0.25, 0.3) is 0 Å². The van der Waals surface area contributed by atoms with Crippen molar-refractivity contribution >= 4 is 14.0 Å². The van der Waals surface area contributed by atoms with Gasteiger partial charge in [-0.15, -0.1) is 8.07 Å². The van der Waals surface area contributed by atoms with Crippen molar-refractivity contribution in [2.45, 2.75) is 26.6 Å².